The molecular weight excluding hydrogens is 294 g/mol. The number of hydrogen-bond acceptors (Lipinski definition) is 5. The molecule has 0 aromatic heterocycles. The number of hydrogen-bond donors (Lipinski definition) is 0. The van der Waals surface area contributed by atoms with Crippen molar-refractivity contribution in [1.82, 2.24) is 4.90 Å². The van der Waals surface area contributed by atoms with E-state index in [9.17, 15) is 4.79 Å². The van der Waals surface area contributed by atoms with Crippen LogP contribution in [-0.2, 0) is 4.74 Å². The number of benzene rings is 1. The molecule has 0 spiro atoms. The lowest BCUT2D eigenvalue weighted by atomic mass is 10.1. The molecule has 1 aromatic rings. The Balaban J connectivity index is 0.00000161. The van der Waals surface area contributed by atoms with Crippen molar-refractivity contribution in [1.29, 1.82) is 0 Å². The summed E-state index contributed by atoms with van der Waals surface area (Å²) < 4.78 is 16.5. The molecule has 5 nitrogen and oxygen atoms in total. The van der Waals surface area contributed by atoms with Gasteiger partial charge in [-0.2, -0.15) is 0 Å². The van der Waals surface area contributed by atoms with Gasteiger partial charge in [-0.15, -0.1) is 12.4 Å². The van der Waals surface area contributed by atoms with E-state index in [1.165, 1.54) is 0 Å². The average Bonchev–Trinajstić information content (AvgIpc) is 2.47. The zero-order valence-electron chi connectivity index (χ0n) is 12.0. The number of esters is 1. The zero-order valence-corrected chi connectivity index (χ0v) is 12.9. The number of rotatable bonds is 2. The molecule has 1 unspecified atom stereocenters. The highest BCUT2D eigenvalue weighted by Crippen LogP contribution is 2.31. The lowest BCUT2D eigenvalue weighted by molar-refractivity contribution is 0.0108. The van der Waals surface area contributed by atoms with Crippen LogP contribution in [0.4, 0.5) is 0 Å². The maximum atomic E-state index is 12.2. The van der Waals surface area contributed by atoms with Crippen LogP contribution in [0, 0.1) is 0 Å². The first-order valence-corrected chi connectivity index (χ1v) is 7.01. The highest BCUT2D eigenvalue weighted by atomic mass is 35.5. The molecular formula is C15H20ClNO4. The number of fused-ring (bicyclic) bond motifs is 1. The van der Waals surface area contributed by atoms with E-state index in [1.54, 1.807) is 18.2 Å². The van der Waals surface area contributed by atoms with Gasteiger partial charge in [-0.3, -0.25) is 0 Å². The summed E-state index contributed by atoms with van der Waals surface area (Å²) in [5.41, 5.74) is 0.516. The normalized spacial score (nSPS) is 21.3. The fourth-order valence-electron chi connectivity index (χ4n) is 2.61. The fourth-order valence-corrected chi connectivity index (χ4v) is 2.61. The second kappa shape index (κ2) is 7.00. The van der Waals surface area contributed by atoms with E-state index in [1.807, 2.05) is 7.05 Å². The van der Waals surface area contributed by atoms with E-state index in [4.69, 9.17) is 14.2 Å². The van der Waals surface area contributed by atoms with Crippen LogP contribution in [0.5, 0.6) is 11.5 Å². The molecule has 2 heterocycles. The predicted octanol–water partition coefficient (Wildman–Crippen LogP) is 2.13. The number of carbonyl (C=O) groups is 1. The Hall–Kier alpha value is -1.46. The van der Waals surface area contributed by atoms with E-state index < -0.39 is 0 Å². The van der Waals surface area contributed by atoms with Gasteiger partial charge < -0.3 is 19.1 Å². The molecule has 1 atom stereocenters. The summed E-state index contributed by atoms with van der Waals surface area (Å²) in [5, 5.41) is 0. The van der Waals surface area contributed by atoms with Crippen LogP contribution in [0.1, 0.15) is 23.2 Å². The van der Waals surface area contributed by atoms with Crippen LogP contribution in [-0.4, -0.2) is 50.3 Å². The van der Waals surface area contributed by atoms with E-state index >= 15 is 0 Å². The topological polar surface area (TPSA) is 48.0 Å². The molecule has 0 radical (unpaired) electrons. The van der Waals surface area contributed by atoms with Crippen LogP contribution in [0.2, 0.25) is 0 Å². The van der Waals surface area contributed by atoms with Gasteiger partial charge in [0.05, 0.1) is 5.56 Å². The van der Waals surface area contributed by atoms with Gasteiger partial charge in [0, 0.05) is 6.54 Å². The summed E-state index contributed by atoms with van der Waals surface area (Å²) in [7, 11) is 2.05. The molecule has 0 N–H and O–H groups in total. The summed E-state index contributed by atoms with van der Waals surface area (Å²) in [4.78, 5) is 14.4. The van der Waals surface area contributed by atoms with Gasteiger partial charge in [0.2, 0.25) is 0 Å². The van der Waals surface area contributed by atoms with Crippen molar-refractivity contribution in [2.45, 2.75) is 18.9 Å². The Bertz CT molecular complexity index is 508. The van der Waals surface area contributed by atoms with Crippen molar-refractivity contribution in [3.63, 3.8) is 0 Å². The van der Waals surface area contributed by atoms with Crippen LogP contribution >= 0.6 is 12.4 Å². The minimum Gasteiger partial charge on any atom is -0.486 e. The number of carbonyl (C=O) groups excluding carboxylic acids is 1. The third-order valence-electron chi connectivity index (χ3n) is 3.63. The number of likely N-dealkylation sites (tertiary alicyclic amines) is 1. The predicted molar refractivity (Wildman–Crippen MR) is 80.6 cm³/mol. The summed E-state index contributed by atoms with van der Waals surface area (Å²) >= 11 is 0. The number of ether oxygens (including phenoxy) is 3. The molecule has 1 aromatic carbocycles. The molecule has 1 saturated heterocycles. The Morgan fingerprint density at radius 1 is 1.29 bits per heavy atom. The molecule has 0 bridgehead atoms. The van der Waals surface area contributed by atoms with Crippen molar-refractivity contribution in [3.05, 3.63) is 23.8 Å². The highest BCUT2D eigenvalue weighted by molar-refractivity contribution is 5.90. The third-order valence-corrected chi connectivity index (χ3v) is 3.63. The minimum absolute atomic E-state index is 0. The second-order valence-corrected chi connectivity index (χ2v) is 5.29. The van der Waals surface area contributed by atoms with Crippen LogP contribution in [0.3, 0.4) is 0 Å². The van der Waals surface area contributed by atoms with Crippen molar-refractivity contribution in [2.75, 3.05) is 33.4 Å². The first-order valence-electron chi connectivity index (χ1n) is 7.01. The smallest absolute Gasteiger partial charge is 0.338 e. The monoisotopic (exact) mass is 313 g/mol. The third kappa shape index (κ3) is 3.80. The Morgan fingerprint density at radius 2 is 2.05 bits per heavy atom. The van der Waals surface area contributed by atoms with E-state index in [0.29, 0.717) is 30.3 Å². The molecule has 0 amide bonds. The van der Waals surface area contributed by atoms with Crippen molar-refractivity contribution in [2.24, 2.45) is 0 Å². The fraction of sp³-hybridized carbons (Fsp3) is 0.533. The molecule has 2 aliphatic heterocycles. The van der Waals surface area contributed by atoms with Crippen molar-refractivity contribution >= 4 is 18.4 Å². The molecule has 0 aliphatic carbocycles. The Kier molecular flexibility index (Phi) is 5.31. The average molecular weight is 314 g/mol. The molecule has 3 rings (SSSR count). The van der Waals surface area contributed by atoms with Gasteiger partial charge in [0.25, 0.3) is 0 Å². The largest absolute Gasteiger partial charge is 0.486 e. The summed E-state index contributed by atoms with van der Waals surface area (Å²) in [6, 6.07) is 5.18. The minimum atomic E-state index is -0.290. The standard InChI is InChI=1S/C15H19NO4.ClH/c1-16-6-2-3-12(10-16)20-15(17)11-4-5-13-14(9-11)19-8-7-18-13;/h4-5,9,12H,2-3,6-8,10H2,1H3;1H. The SMILES string of the molecule is CN1CCCC(OC(=O)c2ccc3c(c2)OCCO3)C1.Cl. The first kappa shape index (κ1) is 15.9. The van der Waals surface area contributed by atoms with Crippen LogP contribution in [0.15, 0.2) is 18.2 Å². The number of likely N-dealkylation sites (N-methyl/N-ethyl adjacent to an activating group) is 1. The van der Waals surface area contributed by atoms with Gasteiger partial charge in [0.15, 0.2) is 11.5 Å². The van der Waals surface area contributed by atoms with Crippen LogP contribution < -0.4 is 9.47 Å². The number of nitrogens with zero attached hydrogens (tertiary/aromatic N) is 1. The Morgan fingerprint density at radius 3 is 2.81 bits per heavy atom. The first-order chi connectivity index (χ1) is 9.72. The van der Waals surface area contributed by atoms with Gasteiger partial charge in [-0.1, -0.05) is 0 Å². The molecule has 6 heteroatoms. The number of halogens is 1. The summed E-state index contributed by atoms with van der Waals surface area (Å²) in [5.74, 6) is 1.01. The summed E-state index contributed by atoms with van der Waals surface area (Å²) in [6.45, 7) is 2.93. The molecule has 2 aliphatic rings. The van der Waals surface area contributed by atoms with Gasteiger partial charge in [0.1, 0.15) is 19.3 Å². The lowest BCUT2D eigenvalue weighted by Gasteiger charge is -2.29. The molecule has 0 saturated carbocycles. The highest BCUT2D eigenvalue weighted by Gasteiger charge is 2.22. The van der Waals surface area contributed by atoms with E-state index in [0.717, 1.165) is 25.9 Å². The van der Waals surface area contributed by atoms with Crippen LogP contribution in [0.25, 0.3) is 0 Å². The van der Waals surface area contributed by atoms with Gasteiger partial charge in [-0.05, 0) is 44.6 Å². The van der Waals surface area contributed by atoms with Gasteiger partial charge in [-0.25, -0.2) is 4.79 Å². The second-order valence-electron chi connectivity index (χ2n) is 5.29. The maximum Gasteiger partial charge on any atom is 0.338 e. The van der Waals surface area contributed by atoms with Crippen molar-refractivity contribution in [3.8, 4) is 11.5 Å². The number of piperidine rings is 1. The van der Waals surface area contributed by atoms with E-state index in [-0.39, 0.29) is 24.5 Å². The summed E-state index contributed by atoms with van der Waals surface area (Å²) in [6.07, 6.45) is 1.98. The Labute approximate surface area is 130 Å². The maximum absolute atomic E-state index is 12.2. The lowest BCUT2D eigenvalue weighted by Crippen LogP contribution is -2.38. The molecule has 1 fully saturated rings. The van der Waals surface area contributed by atoms with E-state index in [2.05, 4.69) is 4.90 Å². The quantitative estimate of drug-likeness (QED) is 0.783. The van der Waals surface area contributed by atoms with Crippen molar-refractivity contribution < 1.29 is 19.0 Å². The van der Waals surface area contributed by atoms with Gasteiger partial charge >= 0.3 is 5.97 Å². The zero-order chi connectivity index (χ0) is 13.9. The molecule has 21 heavy (non-hydrogen) atoms. The molecule has 116 valence electrons.